The van der Waals surface area contributed by atoms with Crippen molar-refractivity contribution in [3.63, 3.8) is 0 Å². The summed E-state index contributed by atoms with van der Waals surface area (Å²) in [6.45, 7) is 0. The second-order valence-corrected chi connectivity index (χ2v) is 4.96. The van der Waals surface area contributed by atoms with E-state index in [9.17, 15) is 4.79 Å². The SMILES string of the molecule is COc1ccc(C(=O)c2c(N)cccc2OC)cc1Br. The summed E-state index contributed by atoms with van der Waals surface area (Å²) in [7, 11) is 3.08. The van der Waals surface area contributed by atoms with Crippen LogP contribution in [-0.2, 0) is 0 Å². The lowest BCUT2D eigenvalue weighted by molar-refractivity contribution is 0.103. The third-order valence-electron chi connectivity index (χ3n) is 2.92. The lowest BCUT2D eigenvalue weighted by Crippen LogP contribution is -2.08. The van der Waals surface area contributed by atoms with Gasteiger partial charge < -0.3 is 15.2 Å². The average Bonchev–Trinajstić information content (AvgIpc) is 2.46. The first kappa shape index (κ1) is 14.4. The van der Waals surface area contributed by atoms with Crippen molar-refractivity contribution in [2.75, 3.05) is 20.0 Å². The molecule has 2 aromatic carbocycles. The third kappa shape index (κ3) is 2.63. The first-order valence-corrected chi connectivity index (χ1v) is 6.68. The van der Waals surface area contributed by atoms with Crippen molar-refractivity contribution < 1.29 is 14.3 Å². The summed E-state index contributed by atoms with van der Waals surface area (Å²) >= 11 is 3.36. The Balaban J connectivity index is 2.49. The van der Waals surface area contributed by atoms with E-state index in [0.29, 0.717) is 32.8 Å². The summed E-state index contributed by atoms with van der Waals surface area (Å²) < 4.78 is 11.1. The van der Waals surface area contributed by atoms with Crippen molar-refractivity contribution in [1.29, 1.82) is 0 Å². The molecule has 5 heteroatoms. The Bertz CT molecular complexity index is 656. The van der Waals surface area contributed by atoms with Gasteiger partial charge in [-0.05, 0) is 46.3 Å². The number of carbonyl (C=O) groups excluding carboxylic acids is 1. The number of methoxy groups -OCH3 is 2. The van der Waals surface area contributed by atoms with Gasteiger partial charge in [0.05, 0.1) is 24.3 Å². The molecule has 0 fully saturated rings. The highest BCUT2D eigenvalue weighted by molar-refractivity contribution is 9.10. The lowest BCUT2D eigenvalue weighted by Gasteiger charge is -2.11. The molecule has 0 saturated carbocycles. The summed E-state index contributed by atoms with van der Waals surface area (Å²) in [6.07, 6.45) is 0. The van der Waals surface area contributed by atoms with Crippen LogP contribution in [0.2, 0.25) is 0 Å². The Morgan fingerprint density at radius 3 is 2.40 bits per heavy atom. The van der Waals surface area contributed by atoms with Crippen LogP contribution in [0.5, 0.6) is 11.5 Å². The number of nitrogens with two attached hydrogens (primary N) is 1. The molecule has 0 saturated heterocycles. The van der Waals surface area contributed by atoms with Crippen LogP contribution in [-0.4, -0.2) is 20.0 Å². The molecule has 0 aromatic heterocycles. The number of ether oxygens (including phenoxy) is 2. The van der Waals surface area contributed by atoms with Gasteiger partial charge in [0.2, 0.25) is 0 Å². The van der Waals surface area contributed by atoms with E-state index in [1.807, 2.05) is 0 Å². The molecule has 0 amide bonds. The number of rotatable bonds is 4. The van der Waals surface area contributed by atoms with Crippen molar-refractivity contribution in [3.8, 4) is 11.5 Å². The molecule has 0 aliphatic heterocycles. The molecule has 0 aliphatic carbocycles. The molecule has 0 bridgehead atoms. The van der Waals surface area contributed by atoms with Gasteiger partial charge in [0.25, 0.3) is 0 Å². The van der Waals surface area contributed by atoms with Gasteiger partial charge in [0.1, 0.15) is 11.5 Å². The van der Waals surface area contributed by atoms with E-state index in [0.717, 1.165) is 0 Å². The zero-order chi connectivity index (χ0) is 14.7. The molecule has 0 unspecified atom stereocenters. The van der Waals surface area contributed by atoms with Crippen molar-refractivity contribution in [3.05, 3.63) is 52.0 Å². The van der Waals surface area contributed by atoms with Crippen LogP contribution in [0.4, 0.5) is 5.69 Å². The number of anilines is 1. The highest BCUT2D eigenvalue weighted by Gasteiger charge is 2.18. The van der Waals surface area contributed by atoms with Crippen LogP contribution >= 0.6 is 15.9 Å². The van der Waals surface area contributed by atoms with Gasteiger partial charge in [0.15, 0.2) is 5.78 Å². The van der Waals surface area contributed by atoms with Crippen LogP contribution in [0.15, 0.2) is 40.9 Å². The van der Waals surface area contributed by atoms with Crippen molar-refractivity contribution in [2.45, 2.75) is 0 Å². The van der Waals surface area contributed by atoms with E-state index in [2.05, 4.69) is 15.9 Å². The Hall–Kier alpha value is -2.01. The summed E-state index contributed by atoms with van der Waals surface area (Å²) in [6, 6.07) is 10.2. The van der Waals surface area contributed by atoms with Gasteiger partial charge in [0, 0.05) is 11.3 Å². The third-order valence-corrected chi connectivity index (χ3v) is 3.54. The van der Waals surface area contributed by atoms with Gasteiger partial charge in [-0.15, -0.1) is 0 Å². The highest BCUT2D eigenvalue weighted by atomic mass is 79.9. The maximum absolute atomic E-state index is 12.6. The number of ketones is 1. The van der Waals surface area contributed by atoms with E-state index >= 15 is 0 Å². The summed E-state index contributed by atoms with van der Waals surface area (Å²) in [4.78, 5) is 12.6. The Morgan fingerprint density at radius 2 is 1.80 bits per heavy atom. The molecule has 0 atom stereocenters. The zero-order valence-electron chi connectivity index (χ0n) is 11.1. The number of halogens is 1. The topological polar surface area (TPSA) is 61.5 Å². The highest BCUT2D eigenvalue weighted by Crippen LogP contribution is 2.30. The lowest BCUT2D eigenvalue weighted by atomic mass is 10.0. The van der Waals surface area contributed by atoms with Gasteiger partial charge in [-0.3, -0.25) is 4.79 Å². The van der Waals surface area contributed by atoms with E-state index < -0.39 is 0 Å². The second kappa shape index (κ2) is 5.96. The van der Waals surface area contributed by atoms with E-state index in [1.165, 1.54) is 7.11 Å². The van der Waals surface area contributed by atoms with E-state index in [-0.39, 0.29) is 5.78 Å². The number of carbonyl (C=O) groups is 1. The molecule has 2 aromatic rings. The van der Waals surface area contributed by atoms with Crippen LogP contribution in [0, 0.1) is 0 Å². The number of hydrogen-bond acceptors (Lipinski definition) is 4. The molecule has 2 rings (SSSR count). The maximum Gasteiger partial charge on any atom is 0.198 e. The fourth-order valence-corrected chi connectivity index (χ4v) is 2.45. The average molecular weight is 336 g/mol. The van der Waals surface area contributed by atoms with Gasteiger partial charge >= 0.3 is 0 Å². The molecule has 104 valence electrons. The molecule has 0 aliphatic rings. The molecule has 4 nitrogen and oxygen atoms in total. The molecule has 0 heterocycles. The van der Waals surface area contributed by atoms with E-state index in [1.54, 1.807) is 43.5 Å². The summed E-state index contributed by atoms with van der Waals surface area (Å²) in [5.74, 6) is 0.930. The van der Waals surface area contributed by atoms with Crippen LogP contribution < -0.4 is 15.2 Å². The monoisotopic (exact) mass is 335 g/mol. The predicted molar refractivity (Wildman–Crippen MR) is 81.5 cm³/mol. The molecule has 20 heavy (non-hydrogen) atoms. The zero-order valence-corrected chi connectivity index (χ0v) is 12.7. The minimum absolute atomic E-state index is 0.191. The Morgan fingerprint density at radius 1 is 1.10 bits per heavy atom. The van der Waals surface area contributed by atoms with Crippen molar-refractivity contribution >= 4 is 27.4 Å². The van der Waals surface area contributed by atoms with Crippen molar-refractivity contribution in [1.82, 2.24) is 0 Å². The smallest absolute Gasteiger partial charge is 0.198 e. The van der Waals surface area contributed by atoms with Gasteiger partial charge in [-0.2, -0.15) is 0 Å². The molecular formula is C15H14BrNO3. The normalized spacial score (nSPS) is 10.2. The summed E-state index contributed by atoms with van der Waals surface area (Å²) in [5.41, 5.74) is 7.16. The van der Waals surface area contributed by atoms with Crippen LogP contribution in [0.25, 0.3) is 0 Å². The van der Waals surface area contributed by atoms with Crippen molar-refractivity contribution in [2.24, 2.45) is 0 Å². The first-order valence-electron chi connectivity index (χ1n) is 5.89. The number of hydrogen-bond donors (Lipinski definition) is 1. The van der Waals surface area contributed by atoms with Gasteiger partial charge in [-0.25, -0.2) is 0 Å². The number of benzene rings is 2. The maximum atomic E-state index is 12.6. The Kier molecular flexibility index (Phi) is 4.29. The largest absolute Gasteiger partial charge is 0.496 e. The number of nitrogen functional groups attached to an aromatic ring is 1. The molecule has 0 radical (unpaired) electrons. The molecule has 2 N–H and O–H groups in total. The van der Waals surface area contributed by atoms with E-state index in [4.69, 9.17) is 15.2 Å². The predicted octanol–water partition coefficient (Wildman–Crippen LogP) is 3.28. The standard InChI is InChI=1S/C15H14BrNO3/c1-19-12-7-6-9(8-10(12)16)15(18)14-11(17)4-3-5-13(14)20-2/h3-8H,17H2,1-2H3. The fourth-order valence-electron chi connectivity index (χ4n) is 1.91. The van der Waals surface area contributed by atoms with Crippen LogP contribution in [0.1, 0.15) is 15.9 Å². The Labute approximate surface area is 125 Å². The molecule has 0 spiro atoms. The fraction of sp³-hybridized carbons (Fsp3) is 0.133. The van der Waals surface area contributed by atoms with Crippen LogP contribution in [0.3, 0.4) is 0 Å². The van der Waals surface area contributed by atoms with Gasteiger partial charge in [-0.1, -0.05) is 6.07 Å². The first-order chi connectivity index (χ1) is 9.58. The quantitative estimate of drug-likeness (QED) is 0.688. The minimum Gasteiger partial charge on any atom is -0.496 e. The minimum atomic E-state index is -0.191. The second-order valence-electron chi connectivity index (χ2n) is 4.10. The summed E-state index contributed by atoms with van der Waals surface area (Å²) in [5, 5.41) is 0. The molecular weight excluding hydrogens is 322 g/mol.